The van der Waals surface area contributed by atoms with Gasteiger partial charge in [-0.3, -0.25) is 5.32 Å². The number of aromatic nitrogens is 2. The minimum atomic E-state index is -0.603. The summed E-state index contributed by atoms with van der Waals surface area (Å²) in [4.78, 5) is 19.6. The van der Waals surface area contributed by atoms with E-state index >= 15 is 0 Å². The summed E-state index contributed by atoms with van der Waals surface area (Å²) in [6.07, 6.45) is -0.589. The molecule has 3 N–H and O–H groups in total. The molecule has 0 saturated carbocycles. The van der Waals surface area contributed by atoms with Crippen molar-refractivity contribution in [1.82, 2.24) is 9.97 Å². The molecule has 1 heterocycles. The van der Waals surface area contributed by atoms with Crippen LogP contribution < -0.4 is 15.8 Å². The molecule has 2 rings (SSSR count). The largest absolute Gasteiger partial charge is 0.444 e. The Bertz CT molecular complexity index is 696. The molecule has 0 aliphatic heterocycles. The molecule has 0 unspecified atom stereocenters. The van der Waals surface area contributed by atoms with Crippen molar-refractivity contribution in [3.05, 3.63) is 35.5 Å². The van der Waals surface area contributed by atoms with Gasteiger partial charge in [0.15, 0.2) is 5.75 Å². The Hall–Kier alpha value is -2.54. The topological polar surface area (TPSA) is 99.4 Å². The van der Waals surface area contributed by atoms with Crippen LogP contribution in [-0.2, 0) is 4.74 Å². The number of ether oxygens (including phenoxy) is 2. The molecule has 1 aromatic heterocycles. The number of hydrogen-bond acceptors (Lipinski definition) is 6. The predicted octanol–water partition coefficient (Wildman–Crippen LogP) is 3.85. The van der Waals surface area contributed by atoms with Crippen LogP contribution in [0.4, 0.5) is 16.4 Å². The van der Waals surface area contributed by atoms with Crippen LogP contribution in [0.2, 0.25) is 5.15 Å². The van der Waals surface area contributed by atoms with Crippen LogP contribution in [0.25, 0.3) is 0 Å². The highest BCUT2D eigenvalue weighted by atomic mass is 35.5. The second kappa shape index (κ2) is 6.70. The van der Waals surface area contributed by atoms with Crippen molar-refractivity contribution in [2.45, 2.75) is 26.4 Å². The maximum atomic E-state index is 11.9. The van der Waals surface area contributed by atoms with Crippen molar-refractivity contribution in [3.63, 3.8) is 0 Å². The molecule has 2 aromatic rings. The van der Waals surface area contributed by atoms with E-state index in [1.165, 1.54) is 6.07 Å². The lowest BCUT2D eigenvalue weighted by molar-refractivity contribution is 0.0635. The summed E-state index contributed by atoms with van der Waals surface area (Å²) in [5.74, 6) is 0.526. The highest BCUT2D eigenvalue weighted by Crippen LogP contribution is 2.29. The number of benzene rings is 1. The average Bonchev–Trinajstić information content (AvgIpc) is 2.37. The van der Waals surface area contributed by atoms with E-state index in [0.29, 0.717) is 11.4 Å². The minimum Gasteiger partial charge on any atom is -0.444 e. The molecule has 23 heavy (non-hydrogen) atoms. The summed E-state index contributed by atoms with van der Waals surface area (Å²) in [7, 11) is 0. The fraction of sp³-hybridized carbons (Fsp3) is 0.267. The standard InChI is InChI=1S/C15H17ClN4O3/c1-15(2,3)23-14(21)18-9-6-4-5-7-10(9)22-12-8-11(16)19-13(17)20-12/h4-8H,1-3H3,(H,18,21)(H2,17,19,20). The van der Waals surface area contributed by atoms with Gasteiger partial charge < -0.3 is 15.2 Å². The average molecular weight is 337 g/mol. The molecule has 7 nitrogen and oxygen atoms in total. The zero-order chi connectivity index (χ0) is 17.0. The lowest BCUT2D eigenvalue weighted by Crippen LogP contribution is -2.27. The van der Waals surface area contributed by atoms with Gasteiger partial charge in [-0.15, -0.1) is 0 Å². The van der Waals surface area contributed by atoms with Gasteiger partial charge in [-0.05, 0) is 32.9 Å². The second-order valence-corrected chi connectivity index (χ2v) is 6.00. The van der Waals surface area contributed by atoms with Crippen molar-refractivity contribution < 1.29 is 14.3 Å². The first kappa shape index (κ1) is 16.8. The van der Waals surface area contributed by atoms with Crippen LogP contribution in [-0.4, -0.2) is 21.7 Å². The number of rotatable bonds is 3. The molecule has 0 saturated heterocycles. The second-order valence-electron chi connectivity index (χ2n) is 5.61. The number of amides is 1. The van der Waals surface area contributed by atoms with E-state index in [1.807, 2.05) is 0 Å². The molecule has 122 valence electrons. The van der Waals surface area contributed by atoms with Crippen molar-refractivity contribution in [3.8, 4) is 11.6 Å². The molecule has 0 radical (unpaired) electrons. The van der Waals surface area contributed by atoms with Gasteiger partial charge in [0.2, 0.25) is 11.8 Å². The third-order valence-corrected chi connectivity index (χ3v) is 2.62. The summed E-state index contributed by atoms with van der Waals surface area (Å²) in [5, 5.41) is 2.78. The predicted molar refractivity (Wildman–Crippen MR) is 87.8 cm³/mol. The molecule has 0 aliphatic carbocycles. The zero-order valence-electron chi connectivity index (χ0n) is 13.0. The van der Waals surface area contributed by atoms with Crippen molar-refractivity contribution >= 4 is 29.3 Å². The van der Waals surface area contributed by atoms with E-state index in [-0.39, 0.29) is 17.0 Å². The van der Waals surface area contributed by atoms with Gasteiger partial charge in [0.25, 0.3) is 0 Å². The Morgan fingerprint density at radius 1 is 1.26 bits per heavy atom. The summed E-state index contributed by atoms with van der Waals surface area (Å²) >= 11 is 5.81. The number of nitrogen functional groups attached to an aromatic ring is 1. The number of halogens is 1. The van der Waals surface area contributed by atoms with Crippen LogP contribution in [0, 0.1) is 0 Å². The number of carbonyl (C=O) groups is 1. The van der Waals surface area contributed by atoms with E-state index in [4.69, 9.17) is 26.8 Å². The Balaban J connectivity index is 2.19. The maximum absolute atomic E-state index is 11.9. The smallest absolute Gasteiger partial charge is 0.412 e. The first-order valence-corrected chi connectivity index (χ1v) is 7.18. The lowest BCUT2D eigenvalue weighted by atomic mass is 10.2. The molecule has 0 spiro atoms. The van der Waals surface area contributed by atoms with E-state index in [9.17, 15) is 4.79 Å². The highest BCUT2D eigenvalue weighted by Gasteiger charge is 2.17. The fourth-order valence-electron chi connectivity index (χ4n) is 1.65. The van der Waals surface area contributed by atoms with E-state index < -0.39 is 11.7 Å². The maximum Gasteiger partial charge on any atom is 0.412 e. The van der Waals surface area contributed by atoms with Crippen LogP contribution in [0.15, 0.2) is 30.3 Å². The fourth-order valence-corrected chi connectivity index (χ4v) is 1.83. The number of hydrogen-bond donors (Lipinski definition) is 2. The molecule has 1 amide bonds. The number of nitrogens with two attached hydrogens (primary N) is 1. The van der Waals surface area contributed by atoms with Gasteiger partial charge in [0, 0.05) is 6.07 Å². The number of para-hydroxylation sites is 2. The summed E-state index contributed by atoms with van der Waals surface area (Å²) in [5.41, 5.74) is 5.35. The SMILES string of the molecule is CC(C)(C)OC(=O)Nc1ccccc1Oc1cc(Cl)nc(N)n1. The molecule has 0 atom stereocenters. The Kier molecular flexibility index (Phi) is 4.90. The Morgan fingerprint density at radius 2 is 1.96 bits per heavy atom. The summed E-state index contributed by atoms with van der Waals surface area (Å²) in [6, 6.07) is 8.26. The van der Waals surface area contributed by atoms with Crippen LogP contribution in [0.3, 0.4) is 0 Å². The number of nitrogens with one attached hydrogen (secondary N) is 1. The third kappa shape index (κ3) is 5.30. The van der Waals surface area contributed by atoms with Crippen molar-refractivity contribution in [2.75, 3.05) is 11.1 Å². The number of carbonyl (C=O) groups excluding carboxylic acids is 1. The van der Waals surface area contributed by atoms with Crippen LogP contribution >= 0.6 is 11.6 Å². The molecular formula is C15H17ClN4O3. The van der Waals surface area contributed by atoms with Crippen LogP contribution in [0.1, 0.15) is 20.8 Å². The van der Waals surface area contributed by atoms with Crippen molar-refractivity contribution in [1.29, 1.82) is 0 Å². The normalized spacial score (nSPS) is 11.0. The molecular weight excluding hydrogens is 320 g/mol. The quantitative estimate of drug-likeness (QED) is 0.826. The Labute approximate surface area is 138 Å². The highest BCUT2D eigenvalue weighted by molar-refractivity contribution is 6.29. The van der Waals surface area contributed by atoms with Gasteiger partial charge in [-0.2, -0.15) is 4.98 Å². The van der Waals surface area contributed by atoms with E-state index in [0.717, 1.165) is 0 Å². The monoisotopic (exact) mass is 336 g/mol. The van der Waals surface area contributed by atoms with Crippen molar-refractivity contribution in [2.24, 2.45) is 0 Å². The molecule has 8 heteroatoms. The van der Waals surface area contributed by atoms with E-state index in [2.05, 4.69) is 15.3 Å². The zero-order valence-corrected chi connectivity index (χ0v) is 13.7. The first-order valence-electron chi connectivity index (χ1n) is 6.80. The van der Waals surface area contributed by atoms with Gasteiger partial charge in [-0.25, -0.2) is 9.78 Å². The molecule has 0 bridgehead atoms. The van der Waals surface area contributed by atoms with Gasteiger partial charge in [-0.1, -0.05) is 23.7 Å². The molecule has 0 aliphatic rings. The third-order valence-electron chi connectivity index (χ3n) is 2.43. The summed E-state index contributed by atoms with van der Waals surface area (Å²) in [6.45, 7) is 5.34. The summed E-state index contributed by atoms with van der Waals surface area (Å²) < 4.78 is 10.8. The number of nitrogens with zero attached hydrogens (tertiary/aromatic N) is 2. The lowest BCUT2D eigenvalue weighted by Gasteiger charge is -2.20. The van der Waals surface area contributed by atoms with Gasteiger partial charge in [0.1, 0.15) is 10.8 Å². The van der Waals surface area contributed by atoms with Crippen LogP contribution in [0.5, 0.6) is 11.6 Å². The van der Waals surface area contributed by atoms with Gasteiger partial charge in [0.05, 0.1) is 5.69 Å². The minimum absolute atomic E-state index is 0.00918. The van der Waals surface area contributed by atoms with Gasteiger partial charge >= 0.3 is 6.09 Å². The first-order chi connectivity index (χ1) is 10.7. The Morgan fingerprint density at radius 3 is 2.61 bits per heavy atom. The van der Waals surface area contributed by atoms with E-state index in [1.54, 1.807) is 45.0 Å². The molecule has 0 fully saturated rings. The molecule has 1 aromatic carbocycles. The number of anilines is 2.